The zero-order valence-corrected chi connectivity index (χ0v) is 17.6. The van der Waals surface area contributed by atoms with Gasteiger partial charge in [0, 0.05) is 17.8 Å². The number of benzene rings is 1. The number of carbonyl (C=O) groups is 1. The minimum atomic E-state index is -4.46. The number of nitrogens with zero attached hydrogens (tertiary/aromatic N) is 3. The number of aromatic nitrogens is 2. The minimum absolute atomic E-state index is 0. The van der Waals surface area contributed by atoms with Crippen LogP contribution in [0.5, 0.6) is 5.88 Å². The van der Waals surface area contributed by atoms with E-state index in [0.29, 0.717) is 29.9 Å². The highest BCUT2D eigenvalue weighted by molar-refractivity contribution is 7.83. The number of hydrogen-bond acceptors (Lipinski definition) is 5. The van der Waals surface area contributed by atoms with E-state index in [-0.39, 0.29) is 24.3 Å². The van der Waals surface area contributed by atoms with E-state index in [9.17, 15) is 22.9 Å². The van der Waals surface area contributed by atoms with Gasteiger partial charge in [0.1, 0.15) is 0 Å². The van der Waals surface area contributed by atoms with Gasteiger partial charge in [-0.25, -0.2) is 4.68 Å². The molecule has 11 heteroatoms. The van der Waals surface area contributed by atoms with Crippen LogP contribution in [0.25, 0.3) is 5.69 Å². The molecule has 1 aliphatic carbocycles. The van der Waals surface area contributed by atoms with E-state index in [0.717, 1.165) is 23.6 Å². The standard InChI is InChI=1S/C18H24N4O5S.ClH/c1-13-11-18(24)22(20-13)16-9-7-14(8-10-16)19-17(23)12-21(28(25,26)27)15-5-3-2-4-6-15;/h7-11,15,24H,2-6,12H2,1H3,(H,19,23)(H,25,26,27);1H. The molecule has 9 nitrogen and oxygen atoms in total. The van der Waals surface area contributed by atoms with Crippen LogP contribution in [0.15, 0.2) is 30.3 Å². The molecular formula is C18H25ClN4O5S. The molecule has 3 N–H and O–H groups in total. The van der Waals surface area contributed by atoms with Crippen LogP contribution in [0.3, 0.4) is 0 Å². The lowest BCUT2D eigenvalue weighted by Crippen LogP contribution is -2.45. The van der Waals surface area contributed by atoms with Crippen LogP contribution in [-0.2, 0) is 15.1 Å². The topological polar surface area (TPSA) is 125 Å². The predicted octanol–water partition coefficient (Wildman–Crippen LogP) is 2.68. The van der Waals surface area contributed by atoms with Gasteiger partial charge in [-0.05, 0) is 44.0 Å². The molecule has 0 atom stereocenters. The SMILES string of the molecule is Cc1cc(O)n(-c2ccc(NC(=O)CN(C3CCCCC3)S(=O)(=O)O)cc2)n1.Cl. The minimum Gasteiger partial charge on any atom is -0.493 e. The van der Waals surface area contributed by atoms with Crippen LogP contribution in [-0.4, -0.2) is 50.7 Å². The maximum atomic E-state index is 12.3. The van der Waals surface area contributed by atoms with Gasteiger partial charge in [0.2, 0.25) is 11.8 Å². The predicted molar refractivity (Wildman–Crippen MR) is 111 cm³/mol. The van der Waals surface area contributed by atoms with E-state index in [1.807, 2.05) is 0 Å². The van der Waals surface area contributed by atoms with Crippen molar-refractivity contribution in [1.82, 2.24) is 14.1 Å². The smallest absolute Gasteiger partial charge is 0.336 e. The molecule has 3 rings (SSSR count). The van der Waals surface area contributed by atoms with E-state index >= 15 is 0 Å². The average molecular weight is 445 g/mol. The van der Waals surface area contributed by atoms with Gasteiger partial charge in [-0.1, -0.05) is 19.3 Å². The first-order valence-electron chi connectivity index (χ1n) is 9.14. The van der Waals surface area contributed by atoms with Crippen molar-refractivity contribution < 1.29 is 22.9 Å². The number of rotatable bonds is 6. The summed E-state index contributed by atoms with van der Waals surface area (Å²) in [6.45, 7) is 1.32. The molecule has 0 spiro atoms. The Labute approximate surface area is 176 Å². The number of amides is 1. The molecule has 2 aromatic rings. The summed E-state index contributed by atoms with van der Waals surface area (Å²) >= 11 is 0. The number of hydrogen-bond donors (Lipinski definition) is 3. The van der Waals surface area contributed by atoms with Crippen molar-refractivity contribution in [2.24, 2.45) is 0 Å². The molecule has 1 aliphatic rings. The van der Waals surface area contributed by atoms with Gasteiger partial charge in [-0.15, -0.1) is 12.4 Å². The van der Waals surface area contributed by atoms with Crippen LogP contribution >= 0.6 is 12.4 Å². The first kappa shape index (κ1) is 23.1. The Balaban J connectivity index is 0.00000300. The van der Waals surface area contributed by atoms with Crippen molar-refractivity contribution in [3.63, 3.8) is 0 Å². The Morgan fingerprint density at radius 2 is 1.86 bits per heavy atom. The van der Waals surface area contributed by atoms with Crippen LogP contribution in [0.4, 0.5) is 5.69 Å². The first-order chi connectivity index (χ1) is 13.2. The molecule has 0 aliphatic heterocycles. The van der Waals surface area contributed by atoms with E-state index in [1.165, 1.54) is 10.7 Å². The Morgan fingerprint density at radius 1 is 1.24 bits per heavy atom. The van der Waals surface area contributed by atoms with Crippen molar-refractivity contribution in [2.75, 3.05) is 11.9 Å². The Hall–Kier alpha value is -2.14. The maximum absolute atomic E-state index is 12.3. The third-order valence-corrected chi connectivity index (χ3v) is 5.81. The molecule has 0 unspecified atom stereocenters. The molecule has 1 aromatic heterocycles. The van der Waals surface area contributed by atoms with Crippen molar-refractivity contribution in [3.8, 4) is 11.6 Å². The van der Waals surface area contributed by atoms with Crippen LogP contribution < -0.4 is 5.32 Å². The maximum Gasteiger partial charge on any atom is 0.336 e. The summed E-state index contributed by atoms with van der Waals surface area (Å²) < 4.78 is 35.2. The van der Waals surface area contributed by atoms with Crippen molar-refractivity contribution >= 4 is 34.3 Å². The zero-order valence-electron chi connectivity index (χ0n) is 16.0. The fourth-order valence-corrected chi connectivity index (χ4v) is 4.34. The van der Waals surface area contributed by atoms with E-state index in [1.54, 1.807) is 31.2 Å². The molecule has 160 valence electrons. The third-order valence-electron chi connectivity index (χ3n) is 4.79. The molecule has 29 heavy (non-hydrogen) atoms. The molecule has 0 bridgehead atoms. The molecule has 0 saturated heterocycles. The molecule has 0 radical (unpaired) electrons. The summed E-state index contributed by atoms with van der Waals surface area (Å²) in [5.41, 5.74) is 1.75. The summed E-state index contributed by atoms with van der Waals surface area (Å²) in [4.78, 5) is 12.3. The highest BCUT2D eigenvalue weighted by atomic mass is 35.5. The number of carbonyl (C=O) groups excluding carboxylic acids is 1. The molecule has 1 amide bonds. The Kier molecular flexibility index (Phi) is 7.64. The second-order valence-corrected chi connectivity index (χ2v) is 8.33. The summed E-state index contributed by atoms with van der Waals surface area (Å²) in [7, 11) is -4.46. The van der Waals surface area contributed by atoms with E-state index in [4.69, 9.17) is 0 Å². The second kappa shape index (κ2) is 9.57. The lowest BCUT2D eigenvalue weighted by Gasteiger charge is -2.30. The van der Waals surface area contributed by atoms with Gasteiger partial charge in [-0.2, -0.15) is 17.8 Å². The number of nitrogens with one attached hydrogen (secondary N) is 1. The Morgan fingerprint density at radius 3 is 2.38 bits per heavy atom. The molecule has 1 aromatic carbocycles. The van der Waals surface area contributed by atoms with Crippen molar-refractivity contribution in [1.29, 1.82) is 0 Å². The summed E-state index contributed by atoms with van der Waals surface area (Å²) in [6.07, 6.45) is 4.04. The molecular weight excluding hydrogens is 420 g/mol. The lowest BCUT2D eigenvalue weighted by molar-refractivity contribution is -0.116. The van der Waals surface area contributed by atoms with Gasteiger partial charge in [0.25, 0.3) is 0 Å². The molecule has 1 saturated carbocycles. The lowest BCUT2D eigenvalue weighted by atomic mass is 9.95. The number of aromatic hydroxyl groups is 1. The van der Waals surface area contributed by atoms with Gasteiger partial charge in [0.15, 0.2) is 0 Å². The van der Waals surface area contributed by atoms with Crippen molar-refractivity contribution in [2.45, 2.75) is 45.1 Å². The first-order valence-corrected chi connectivity index (χ1v) is 10.5. The second-order valence-electron chi connectivity index (χ2n) is 6.97. The normalized spacial score (nSPS) is 15.1. The van der Waals surface area contributed by atoms with Crippen LogP contribution in [0, 0.1) is 6.92 Å². The highest BCUT2D eigenvalue weighted by Gasteiger charge is 2.31. The molecule has 1 fully saturated rings. The Bertz CT molecular complexity index is 940. The monoisotopic (exact) mass is 444 g/mol. The van der Waals surface area contributed by atoms with Crippen LogP contribution in [0.1, 0.15) is 37.8 Å². The zero-order chi connectivity index (χ0) is 20.3. The van der Waals surface area contributed by atoms with E-state index in [2.05, 4.69) is 10.4 Å². The fraction of sp³-hybridized carbons (Fsp3) is 0.444. The largest absolute Gasteiger partial charge is 0.493 e. The quantitative estimate of drug-likeness (QED) is 0.588. The number of anilines is 1. The van der Waals surface area contributed by atoms with E-state index < -0.39 is 22.8 Å². The summed E-state index contributed by atoms with van der Waals surface area (Å²) in [5.74, 6) is -0.528. The summed E-state index contributed by atoms with van der Waals surface area (Å²) in [6, 6.07) is 7.77. The highest BCUT2D eigenvalue weighted by Crippen LogP contribution is 2.24. The summed E-state index contributed by atoms with van der Waals surface area (Å²) in [5, 5.41) is 16.6. The third kappa shape index (κ3) is 5.92. The van der Waals surface area contributed by atoms with Crippen molar-refractivity contribution in [3.05, 3.63) is 36.0 Å². The fourth-order valence-electron chi connectivity index (χ4n) is 3.47. The van der Waals surface area contributed by atoms with Gasteiger partial charge in [-0.3, -0.25) is 9.35 Å². The number of aryl methyl sites for hydroxylation is 1. The van der Waals surface area contributed by atoms with Gasteiger partial charge in [0.05, 0.1) is 17.9 Å². The average Bonchev–Trinajstić information content (AvgIpc) is 2.98. The molecule has 1 heterocycles. The van der Waals surface area contributed by atoms with Gasteiger partial charge >= 0.3 is 10.3 Å². The van der Waals surface area contributed by atoms with Crippen LogP contribution in [0.2, 0.25) is 0 Å². The number of halogens is 1. The van der Waals surface area contributed by atoms with Gasteiger partial charge < -0.3 is 10.4 Å².